The molecule has 0 unspecified atom stereocenters. The summed E-state index contributed by atoms with van der Waals surface area (Å²) in [6.07, 6.45) is 0.716. The molecule has 0 bridgehead atoms. The van der Waals surface area contributed by atoms with E-state index in [4.69, 9.17) is 5.73 Å². The summed E-state index contributed by atoms with van der Waals surface area (Å²) in [5.41, 5.74) is 6.48. The van der Waals surface area contributed by atoms with Crippen LogP contribution in [0.15, 0.2) is 28.7 Å². The monoisotopic (exact) mass is 327 g/mol. The molecule has 0 fully saturated rings. The average Bonchev–Trinajstić information content (AvgIpc) is 2.37. The fourth-order valence-electron chi connectivity index (χ4n) is 1.59. The normalized spacial score (nSPS) is 10.1. The lowest BCUT2D eigenvalue weighted by Gasteiger charge is -2.18. The van der Waals surface area contributed by atoms with Crippen LogP contribution in [0.2, 0.25) is 0 Å². The highest BCUT2D eigenvalue weighted by molar-refractivity contribution is 9.10. The van der Waals surface area contributed by atoms with Crippen LogP contribution < -0.4 is 11.1 Å². The summed E-state index contributed by atoms with van der Waals surface area (Å²) in [7, 11) is 0. The number of nitrogens with zero attached hydrogens (tertiary/aromatic N) is 1. The lowest BCUT2D eigenvalue weighted by molar-refractivity contribution is -0.125. The van der Waals surface area contributed by atoms with Gasteiger partial charge in [0.1, 0.15) is 0 Å². The molecule has 3 N–H and O–H groups in total. The molecule has 3 amide bonds. The predicted molar refractivity (Wildman–Crippen MR) is 77.7 cm³/mol. The maximum Gasteiger partial charge on any atom is 0.324 e. The molecule has 0 saturated heterocycles. The zero-order valence-corrected chi connectivity index (χ0v) is 12.4. The number of nitrogens with two attached hydrogens (primary N) is 1. The van der Waals surface area contributed by atoms with E-state index in [1.807, 2.05) is 24.3 Å². The van der Waals surface area contributed by atoms with Crippen LogP contribution in [0.3, 0.4) is 0 Å². The second-order valence-corrected chi connectivity index (χ2v) is 4.98. The van der Waals surface area contributed by atoms with Crippen molar-refractivity contribution in [1.29, 1.82) is 0 Å². The summed E-state index contributed by atoms with van der Waals surface area (Å²) in [4.78, 5) is 24.1. The number of amides is 3. The van der Waals surface area contributed by atoms with Crippen LogP contribution in [-0.2, 0) is 11.2 Å². The molecule has 1 aromatic carbocycles. The Morgan fingerprint density at radius 1 is 1.32 bits per heavy atom. The molecule has 104 valence electrons. The fourth-order valence-corrected chi connectivity index (χ4v) is 1.86. The Balaban J connectivity index is 2.41. The predicted octanol–water partition coefficient (Wildman–Crippen LogP) is 1.51. The molecule has 0 aliphatic heterocycles. The highest BCUT2D eigenvalue weighted by Gasteiger charge is 2.15. The first kappa shape index (κ1) is 15.7. The third-order valence-electron chi connectivity index (χ3n) is 2.58. The fraction of sp³-hybridized carbons (Fsp3) is 0.385. The van der Waals surface area contributed by atoms with E-state index >= 15 is 0 Å². The van der Waals surface area contributed by atoms with E-state index in [0.717, 1.165) is 14.9 Å². The van der Waals surface area contributed by atoms with Crippen molar-refractivity contribution in [3.63, 3.8) is 0 Å². The Kier molecular flexibility index (Phi) is 6.52. The molecule has 0 spiro atoms. The Hall–Kier alpha value is -1.40. The molecular weight excluding hydrogens is 310 g/mol. The SMILES string of the molecule is CC(=O)N(CCN)C(=O)NCCc1ccc(Br)cc1. The highest BCUT2D eigenvalue weighted by Crippen LogP contribution is 2.10. The number of imide groups is 1. The second kappa shape index (κ2) is 7.91. The minimum Gasteiger partial charge on any atom is -0.337 e. The summed E-state index contributed by atoms with van der Waals surface area (Å²) >= 11 is 3.36. The van der Waals surface area contributed by atoms with E-state index in [2.05, 4.69) is 21.2 Å². The Morgan fingerprint density at radius 2 is 1.95 bits per heavy atom. The van der Waals surface area contributed by atoms with E-state index in [0.29, 0.717) is 13.0 Å². The Morgan fingerprint density at radius 3 is 2.47 bits per heavy atom. The molecule has 0 saturated carbocycles. The van der Waals surface area contributed by atoms with E-state index in [9.17, 15) is 9.59 Å². The molecule has 0 radical (unpaired) electrons. The molecule has 19 heavy (non-hydrogen) atoms. The summed E-state index contributed by atoms with van der Waals surface area (Å²) < 4.78 is 1.02. The minimum atomic E-state index is -0.393. The molecule has 1 rings (SSSR count). The molecule has 1 aromatic rings. The lowest BCUT2D eigenvalue weighted by atomic mass is 10.1. The number of halogens is 1. The summed E-state index contributed by atoms with van der Waals surface area (Å²) in [5.74, 6) is -0.299. The number of urea groups is 1. The quantitative estimate of drug-likeness (QED) is 0.860. The first-order chi connectivity index (χ1) is 9.04. The molecule has 6 heteroatoms. The van der Waals surface area contributed by atoms with Gasteiger partial charge in [-0.05, 0) is 24.1 Å². The largest absolute Gasteiger partial charge is 0.337 e. The smallest absolute Gasteiger partial charge is 0.324 e. The van der Waals surface area contributed by atoms with Crippen LogP contribution in [-0.4, -0.2) is 36.5 Å². The van der Waals surface area contributed by atoms with Gasteiger partial charge in [-0.1, -0.05) is 28.1 Å². The molecule has 0 atom stereocenters. The van der Waals surface area contributed by atoms with Crippen molar-refractivity contribution < 1.29 is 9.59 Å². The standard InChI is InChI=1S/C13H18BrN3O2/c1-10(18)17(9-7-15)13(19)16-8-6-11-2-4-12(14)5-3-11/h2-5H,6-9,15H2,1H3,(H,16,19). The Labute approximate surface area is 121 Å². The number of hydrogen-bond acceptors (Lipinski definition) is 3. The zero-order valence-electron chi connectivity index (χ0n) is 10.9. The van der Waals surface area contributed by atoms with Crippen LogP contribution in [0.1, 0.15) is 12.5 Å². The van der Waals surface area contributed by atoms with Gasteiger partial charge in [-0.2, -0.15) is 0 Å². The maximum absolute atomic E-state index is 11.7. The second-order valence-electron chi connectivity index (χ2n) is 4.07. The third-order valence-corrected chi connectivity index (χ3v) is 3.11. The van der Waals surface area contributed by atoms with Crippen molar-refractivity contribution in [2.24, 2.45) is 5.73 Å². The zero-order chi connectivity index (χ0) is 14.3. The van der Waals surface area contributed by atoms with Crippen molar-refractivity contribution in [2.45, 2.75) is 13.3 Å². The summed E-state index contributed by atoms with van der Waals surface area (Å²) in [6.45, 7) is 2.33. The van der Waals surface area contributed by atoms with Gasteiger partial charge in [-0.15, -0.1) is 0 Å². The van der Waals surface area contributed by atoms with Gasteiger partial charge in [-0.3, -0.25) is 9.69 Å². The number of nitrogens with one attached hydrogen (secondary N) is 1. The molecule has 0 aliphatic rings. The van der Waals surface area contributed by atoms with Gasteiger partial charge in [-0.25, -0.2) is 4.79 Å². The minimum absolute atomic E-state index is 0.236. The topological polar surface area (TPSA) is 75.4 Å². The summed E-state index contributed by atoms with van der Waals surface area (Å²) in [6, 6.07) is 7.48. The number of carbonyl (C=O) groups is 2. The first-order valence-electron chi connectivity index (χ1n) is 6.05. The van der Waals surface area contributed by atoms with Crippen molar-refractivity contribution in [3.05, 3.63) is 34.3 Å². The van der Waals surface area contributed by atoms with Gasteiger partial charge in [0.2, 0.25) is 5.91 Å². The van der Waals surface area contributed by atoms with Gasteiger partial charge >= 0.3 is 6.03 Å². The van der Waals surface area contributed by atoms with Crippen molar-refractivity contribution in [2.75, 3.05) is 19.6 Å². The van der Waals surface area contributed by atoms with Crippen molar-refractivity contribution in [3.8, 4) is 0 Å². The molecule has 0 aromatic heterocycles. The van der Waals surface area contributed by atoms with Gasteiger partial charge < -0.3 is 11.1 Å². The first-order valence-corrected chi connectivity index (χ1v) is 6.84. The van der Waals surface area contributed by atoms with E-state index in [1.54, 1.807) is 0 Å². The molecular formula is C13H18BrN3O2. The average molecular weight is 328 g/mol. The number of hydrogen-bond donors (Lipinski definition) is 2. The molecule has 5 nitrogen and oxygen atoms in total. The molecule has 0 aliphatic carbocycles. The van der Waals surface area contributed by atoms with E-state index < -0.39 is 6.03 Å². The maximum atomic E-state index is 11.7. The van der Waals surface area contributed by atoms with Gasteiger partial charge in [0.05, 0.1) is 0 Å². The Bertz CT molecular complexity index is 434. The van der Waals surface area contributed by atoms with Crippen molar-refractivity contribution in [1.82, 2.24) is 10.2 Å². The van der Waals surface area contributed by atoms with Gasteiger partial charge in [0.25, 0.3) is 0 Å². The number of carbonyl (C=O) groups excluding carboxylic acids is 2. The van der Waals surface area contributed by atoms with Gasteiger partial charge in [0, 0.05) is 31.0 Å². The summed E-state index contributed by atoms with van der Waals surface area (Å²) in [5, 5.41) is 2.71. The highest BCUT2D eigenvalue weighted by atomic mass is 79.9. The van der Waals surface area contributed by atoms with Gasteiger partial charge in [0.15, 0.2) is 0 Å². The van der Waals surface area contributed by atoms with E-state index in [1.165, 1.54) is 6.92 Å². The van der Waals surface area contributed by atoms with Crippen LogP contribution in [0, 0.1) is 0 Å². The number of benzene rings is 1. The van der Waals surface area contributed by atoms with E-state index in [-0.39, 0.29) is 19.0 Å². The van der Waals surface area contributed by atoms with Crippen LogP contribution in [0.25, 0.3) is 0 Å². The van der Waals surface area contributed by atoms with Crippen LogP contribution in [0.5, 0.6) is 0 Å². The third kappa shape index (κ3) is 5.40. The van der Waals surface area contributed by atoms with Crippen molar-refractivity contribution >= 4 is 27.9 Å². The number of rotatable bonds is 5. The van der Waals surface area contributed by atoms with Crippen LogP contribution >= 0.6 is 15.9 Å². The lowest BCUT2D eigenvalue weighted by Crippen LogP contribution is -2.45. The van der Waals surface area contributed by atoms with Crippen LogP contribution in [0.4, 0.5) is 4.79 Å². The molecule has 0 heterocycles.